The quantitative estimate of drug-likeness (QED) is 0.796. The van der Waals surface area contributed by atoms with Gasteiger partial charge in [-0.05, 0) is 29.8 Å². The van der Waals surface area contributed by atoms with Crippen molar-refractivity contribution in [1.82, 2.24) is 14.6 Å². The van der Waals surface area contributed by atoms with Gasteiger partial charge in [-0.25, -0.2) is 8.91 Å². The van der Waals surface area contributed by atoms with Crippen LogP contribution in [0.1, 0.15) is 12.0 Å². The summed E-state index contributed by atoms with van der Waals surface area (Å²) >= 11 is 0. The third-order valence-electron chi connectivity index (χ3n) is 3.24. The van der Waals surface area contributed by atoms with E-state index >= 15 is 0 Å². The van der Waals surface area contributed by atoms with Crippen LogP contribution >= 0.6 is 0 Å². The summed E-state index contributed by atoms with van der Waals surface area (Å²) in [6.07, 6.45) is 1.34. The second kappa shape index (κ2) is 6.15. The molecule has 7 nitrogen and oxygen atoms in total. The molecule has 0 saturated heterocycles. The molecule has 2 heterocycles. The van der Waals surface area contributed by atoms with E-state index in [0.29, 0.717) is 16.8 Å². The number of nitriles is 2. The molecule has 24 heavy (non-hydrogen) atoms. The van der Waals surface area contributed by atoms with Crippen molar-refractivity contribution in [1.29, 1.82) is 10.5 Å². The fourth-order valence-electron chi connectivity index (χ4n) is 2.13. The van der Waals surface area contributed by atoms with Crippen LogP contribution in [-0.4, -0.2) is 20.5 Å². The molecule has 3 aromatic rings. The summed E-state index contributed by atoms with van der Waals surface area (Å²) in [6.45, 7) is 0. The first-order valence-electron chi connectivity index (χ1n) is 6.84. The molecule has 0 bridgehead atoms. The largest absolute Gasteiger partial charge is 0.292 e. The van der Waals surface area contributed by atoms with Crippen LogP contribution in [0.25, 0.3) is 16.8 Å². The molecule has 116 valence electrons. The Balaban J connectivity index is 1.94. The minimum atomic E-state index is -0.599. The molecule has 3 rings (SSSR count). The number of aromatic nitrogens is 3. The Hall–Kier alpha value is -3.78. The van der Waals surface area contributed by atoms with Crippen molar-refractivity contribution in [3.8, 4) is 23.3 Å². The minimum absolute atomic E-state index is 0.0249. The Morgan fingerprint density at radius 1 is 1.25 bits per heavy atom. The molecule has 0 aliphatic rings. The highest BCUT2D eigenvalue weighted by molar-refractivity contribution is 5.90. The summed E-state index contributed by atoms with van der Waals surface area (Å²) < 4.78 is 15.2. The standard InChI is InChI=1S/C16H9FN6O/c17-13-7-10(1-2-11(13)8-19)12-3-4-14-20-16(22-23(14)9-12)21-15(24)5-6-18/h1-4,7,9H,5H2,(H,21,22,24). The zero-order valence-electron chi connectivity index (χ0n) is 12.2. The molecule has 1 N–H and O–H groups in total. The van der Waals surface area contributed by atoms with Gasteiger partial charge in [0.05, 0.1) is 11.6 Å². The third kappa shape index (κ3) is 2.89. The summed E-state index contributed by atoms with van der Waals surface area (Å²) in [4.78, 5) is 15.5. The molecule has 0 atom stereocenters. The van der Waals surface area contributed by atoms with Crippen LogP contribution < -0.4 is 5.32 Å². The number of fused-ring (bicyclic) bond motifs is 1. The van der Waals surface area contributed by atoms with Crippen LogP contribution in [0.2, 0.25) is 0 Å². The third-order valence-corrected chi connectivity index (χ3v) is 3.24. The Morgan fingerprint density at radius 3 is 2.75 bits per heavy atom. The van der Waals surface area contributed by atoms with Gasteiger partial charge in [0, 0.05) is 11.8 Å². The second-order valence-electron chi connectivity index (χ2n) is 4.85. The molecule has 0 spiro atoms. The van der Waals surface area contributed by atoms with Crippen LogP contribution in [0.5, 0.6) is 0 Å². The molecular formula is C16H9FN6O. The highest BCUT2D eigenvalue weighted by atomic mass is 19.1. The number of carbonyl (C=O) groups is 1. The number of amides is 1. The number of carbonyl (C=O) groups excluding carboxylic acids is 1. The van der Waals surface area contributed by atoms with Gasteiger partial charge in [-0.3, -0.25) is 10.1 Å². The first kappa shape index (κ1) is 15.1. The van der Waals surface area contributed by atoms with Gasteiger partial charge in [0.25, 0.3) is 0 Å². The molecule has 0 fully saturated rings. The number of anilines is 1. The van der Waals surface area contributed by atoms with E-state index in [1.165, 1.54) is 16.6 Å². The van der Waals surface area contributed by atoms with Gasteiger partial charge < -0.3 is 0 Å². The molecule has 0 aliphatic carbocycles. The van der Waals surface area contributed by atoms with Crippen molar-refractivity contribution < 1.29 is 9.18 Å². The SMILES string of the molecule is N#CCC(=O)Nc1nc2ccc(-c3ccc(C#N)c(F)c3)cn2n1. The highest BCUT2D eigenvalue weighted by Crippen LogP contribution is 2.22. The first-order chi connectivity index (χ1) is 11.6. The number of benzene rings is 1. The maximum atomic E-state index is 13.7. The molecule has 0 unspecified atom stereocenters. The summed E-state index contributed by atoms with van der Waals surface area (Å²) in [5, 5.41) is 23.7. The predicted molar refractivity (Wildman–Crippen MR) is 82.0 cm³/mol. The number of hydrogen-bond acceptors (Lipinski definition) is 5. The fraction of sp³-hybridized carbons (Fsp3) is 0.0625. The molecule has 0 radical (unpaired) electrons. The van der Waals surface area contributed by atoms with Gasteiger partial charge in [0.15, 0.2) is 5.65 Å². The topological polar surface area (TPSA) is 107 Å². The van der Waals surface area contributed by atoms with Crippen LogP contribution in [0.4, 0.5) is 10.3 Å². The normalized spacial score (nSPS) is 10.1. The van der Waals surface area contributed by atoms with Gasteiger partial charge >= 0.3 is 0 Å². The van der Waals surface area contributed by atoms with Crippen LogP contribution in [0.3, 0.4) is 0 Å². The molecule has 1 aromatic carbocycles. The molecule has 2 aromatic heterocycles. The Bertz CT molecular complexity index is 1030. The highest BCUT2D eigenvalue weighted by Gasteiger charge is 2.09. The average Bonchev–Trinajstić information content (AvgIpc) is 2.96. The van der Waals surface area contributed by atoms with Crippen molar-refractivity contribution >= 4 is 17.5 Å². The second-order valence-corrected chi connectivity index (χ2v) is 4.85. The van der Waals surface area contributed by atoms with Crippen LogP contribution in [0.15, 0.2) is 36.5 Å². The lowest BCUT2D eigenvalue weighted by Crippen LogP contribution is -2.11. The Labute approximate surface area is 135 Å². The molecular weight excluding hydrogens is 311 g/mol. The maximum absolute atomic E-state index is 13.7. The number of rotatable bonds is 3. The predicted octanol–water partition coefficient (Wildman–Crippen LogP) is 2.26. The van der Waals surface area contributed by atoms with Crippen molar-refractivity contribution in [3.63, 3.8) is 0 Å². The maximum Gasteiger partial charge on any atom is 0.249 e. The lowest BCUT2D eigenvalue weighted by atomic mass is 10.1. The number of nitrogens with one attached hydrogen (secondary N) is 1. The summed E-state index contributed by atoms with van der Waals surface area (Å²) in [6, 6.07) is 11.2. The van der Waals surface area contributed by atoms with E-state index in [2.05, 4.69) is 15.4 Å². The van der Waals surface area contributed by atoms with Gasteiger partial charge in [0.1, 0.15) is 18.3 Å². The molecule has 8 heteroatoms. The summed E-state index contributed by atoms with van der Waals surface area (Å²) in [5.74, 6) is -1.01. The number of hydrogen-bond donors (Lipinski definition) is 1. The lowest BCUT2D eigenvalue weighted by Gasteiger charge is -2.03. The van der Waals surface area contributed by atoms with Crippen molar-refractivity contribution in [2.75, 3.05) is 5.32 Å². The van der Waals surface area contributed by atoms with E-state index in [0.717, 1.165) is 0 Å². The summed E-state index contributed by atoms with van der Waals surface area (Å²) in [7, 11) is 0. The van der Waals surface area contributed by atoms with Crippen LogP contribution in [-0.2, 0) is 4.79 Å². The van der Waals surface area contributed by atoms with E-state index < -0.39 is 11.7 Å². The summed E-state index contributed by atoms with van der Waals surface area (Å²) in [5.41, 5.74) is 1.72. The first-order valence-corrected chi connectivity index (χ1v) is 6.84. The zero-order valence-corrected chi connectivity index (χ0v) is 12.2. The molecule has 0 aliphatic heterocycles. The minimum Gasteiger partial charge on any atom is -0.292 e. The fourth-order valence-corrected chi connectivity index (χ4v) is 2.13. The van der Waals surface area contributed by atoms with Gasteiger partial charge in [-0.15, -0.1) is 5.10 Å². The van der Waals surface area contributed by atoms with Gasteiger partial charge in [0.2, 0.25) is 11.9 Å². The van der Waals surface area contributed by atoms with E-state index in [1.807, 2.05) is 0 Å². The Morgan fingerprint density at radius 2 is 2.04 bits per heavy atom. The van der Waals surface area contributed by atoms with Gasteiger partial charge in [-0.2, -0.15) is 15.5 Å². The van der Waals surface area contributed by atoms with E-state index in [9.17, 15) is 9.18 Å². The smallest absolute Gasteiger partial charge is 0.249 e. The number of pyridine rings is 1. The lowest BCUT2D eigenvalue weighted by molar-refractivity contribution is -0.115. The van der Waals surface area contributed by atoms with E-state index in [4.69, 9.17) is 10.5 Å². The zero-order chi connectivity index (χ0) is 17.1. The van der Waals surface area contributed by atoms with E-state index in [-0.39, 0.29) is 17.9 Å². The monoisotopic (exact) mass is 320 g/mol. The van der Waals surface area contributed by atoms with Crippen molar-refractivity contribution in [3.05, 3.63) is 47.9 Å². The van der Waals surface area contributed by atoms with E-state index in [1.54, 1.807) is 36.5 Å². The number of halogens is 1. The van der Waals surface area contributed by atoms with Gasteiger partial charge in [-0.1, -0.05) is 6.07 Å². The van der Waals surface area contributed by atoms with Crippen LogP contribution in [0, 0.1) is 28.5 Å². The number of nitrogens with zero attached hydrogens (tertiary/aromatic N) is 5. The average molecular weight is 320 g/mol. The van der Waals surface area contributed by atoms with Crippen molar-refractivity contribution in [2.45, 2.75) is 6.42 Å². The van der Waals surface area contributed by atoms with Crippen molar-refractivity contribution in [2.24, 2.45) is 0 Å². The molecule has 0 saturated carbocycles. The molecule has 1 amide bonds. The Kier molecular flexibility index (Phi) is 3.87.